The third kappa shape index (κ3) is 19.1. The van der Waals surface area contributed by atoms with Crippen molar-refractivity contribution in [3.63, 3.8) is 0 Å². The van der Waals surface area contributed by atoms with E-state index in [2.05, 4.69) is 33.3 Å². The number of carbonyl (C=O) groups is 5. The number of carboxylic acids is 3. The van der Waals surface area contributed by atoms with Crippen LogP contribution >= 0.6 is 0 Å². The zero-order valence-electron chi connectivity index (χ0n) is 21.0. The van der Waals surface area contributed by atoms with Gasteiger partial charge in [-0.2, -0.15) is 0 Å². The highest BCUT2D eigenvalue weighted by molar-refractivity contribution is 5.92. The van der Waals surface area contributed by atoms with E-state index in [9.17, 15) is 29.1 Å². The number of primary amides is 1. The second-order valence-corrected chi connectivity index (χ2v) is 8.35. The molecule has 13 heteroatoms. The summed E-state index contributed by atoms with van der Waals surface area (Å²) in [6.07, 6.45) is 6.97. The highest BCUT2D eigenvalue weighted by atomic mass is 16.4. The Kier molecular flexibility index (Phi) is 18.2. The van der Waals surface area contributed by atoms with Crippen molar-refractivity contribution in [2.24, 2.45) is 10.7 Å². The molecule has 0 aromatic carbocycles. The van der Waals surface area contributed by atoms with Gasteiger partial charge in [-0.15, -0.1) is 5.73 Å². The number of aliphatic carboxylic acids is 3. The molecule has 2 unspecified atom stereocenters. The van der Waals surface area contributed by atoms with E-state index in [0.717, 1.165) is 32.1 Å². The minimum Gasteiger partial charge on any atom is -0.481 e. The Bertz CT molecular complexity index is 839. The molecule has 0 aliphatic rings. The molecule has 208 valence electrons. The monoisotopic (exact) mass is 525 g/mol. The first-order chi connectivity index (χ1) is 17.6. The van der Waals surface area contributed by atoms with Crippen LogP contribution in [-0.2, 0) is 19.2 Å². The predicted octanol–water partition coefficient (Wildman–Crippen LogP) is 1.38. The maximum absolute atomic E-state index is 12.0. The Labute approximate surface area is 216 Å². The van der Waals surface area contributed by atoms with Crippen LogP contribution in [0.3, 0.4) is 0 Å². The number of nitrogens with two attached hydrogens (primary N) is 1. The lowest BCUT2D eigenvalue weighted by molar-refractivity contribution is -0.140. The molecular formula is C24H39N5O8. The van der Waals surface area contributed by atoms with Gasteiger partial charge in [-0.1, -0.05) is 25.8 Å². The Balaban J connectivity index is 4.39. The number of amidine groups is 1. The number of aliphatic imine (C=N–C) groups is 1. The van der Waals surface area contributed by atoms with E-state index in [1.54, 1.807) is 6.08 Å². The molecule has 0 saturated carbocycles. The van der Waals surface area contributed by atoms with Gasteiger partial charge in [0.15, 0.2) is 0 Å². The van der Waals surface area contributed by atoms with E-state index >= 15 is 0 Å². The maximum atomic E-state index is 12.0. The van der Waals surface area contributed by atoms with Gasteiger partial charge in [-0.05, 0) is 38.5 Å². The molecule has 0 heterocycles. The SMILES string of the molecule is C=C=CC(=NCCCCCCCC(N)=O)NCCCCC(NC(=O)NC(CCC(=O)O)C(=O)O)C(=O)O. The fourth-order valence-corrected chi connectivity index (χ4v) is 3.22. The summed E-state index contributed by atoms with van der Waals surface area (Å²) in [5.74, 6) is -3.57. The van der Waals surface area contributed by atoms with Crippen molar-refractivity contribution in [1.82, 2.24) is 16.0 Å². The zero-order valence-corrected chi connectivity index (χ0v) is 21.0. The lowest BCUT2D eigenvalue weighted by Crippen LogP contribution is -2.51. The van der Waals surface area contributed by atoms with E-state index in [1.807, 2.05) is 0 Å². The summed E-state index contributed by atoms with van der Waals surface area (Å²) in [5.41, 5.74) is 7.77. The minimum atomic E-state index is -1.45. The van der Waals surface area contributed by atoms with Crippen LogP contribution in [0.2, 0.25) is 0 Å². The molecule has 0 spiro atoms. The van der Waals surface area contributed by atoms with Gasteiger partial charge in [0.1, 0.15) is 17.9 Å². The van der Waals surface area contributed by atoms with Gasteiger partial charge in [-0.3, -0.25) is 14.6 Å². The largest absolute Gasteiger partial charge is 0.481 e. The van der Waals surface area contributed by atoms with Gasteiger partial charge in [0.2, 0.25) is 5.91 Å². The van der Waals surface area contributed by atoms with Crippen molar-refractivity contribution in [3.05, 3.63) is 18.4 Å². The lowest BCUT2D eigenvalue weighted by atomic mass is 10.1. The molecule has 13 nitrogen and oxygen atoms in total. The Morgan fingerprint density at radius 1 is 0.838 bits per heavy atom. The summed E-state index contributed by atoms with van der Waals surface area (Å²) >= 11 is 0. The Hall–Kier alpha value is -3.86. The van der Waals surface area contributed by atoms with Gasteiger partial charge < -0.3 is 37.0 Å². The summed E-state index contributed by atoms with van der Waals surface area (Å²) in [6, 6.07) is -3.69. The molecule has 0 aliphatic heterocycles. The Morgan fingerprint density at radius 2 is 1.43 bits per heavy atom. The van der Waals surface area contributed by atoms with Gasteiger partial charge >= 0.3 is 23.9 Å². The van der Waals surface area contributed by atoms with Gasteiger partial charge in [0, 0.05) is 32.0 Å². The number of nitrogens with zero attached hydrogens (tertiary/aromatic N) is 1. The molecule has 0 radical (unpaired) electrons. The topological polar surface area (TPSA) is 221 Å². The van der Waals surface area contributed by atoms with Crippen LogP contribution in [-0.4, -0.2) is 76.2 Å². The highest BCUT2D eigenvalue weighted by Gasteiger charge is 2.24. The summed E-state index contributed by atoms with van der Waals surface area (Å²) in [5, 5.41) is 34.6. The van der Waals surface area contributed by atoms with Crippen molar-refractivity contribution in [2.75, 3.05) is 13.1 Å². The molecule has 0 aromatic rings. The van der Waals surface area contributed by atoms with Gasteiger partial charge in [-0.25, -0.2) is 14.4 Å². The van der Waals surface area contributed by atoms with E-state index in [1.165, 1.54) is 0 Å². The number of hydrogen-bond donors (Lipinski definition) is 7. The third-order valence-corrected chi connectivity index (χ3v) is 5.18. The number of hydrogen-bond acceptors (Lipinski definition) is 6. The van der Waals surface area contributed by atoms with Crippen molar-refractivity contribution in [2.45, 2.75) is 82.7 Å². The fourth-order valence-electron chi connectivity index (χ4n) is 3.22. The van der Waals surface area contributed by atoms with Crippen LogP contribution < -0.4 is 21.7 Å². The van der Waals surface area contributed by atoms with E-state index in [0.29, 0.717) is 38.2 Å². The fraction of sp³-hybridized carbons (Fsp3) is 0.625. The normalized spacial score (nSPS) is 12.5. The first-order valence-electron chi connectivity index (χ1n) is 12.2. The Morgan fingerprint density at radius 3 is 2.00 bits per heavy atom. The number of carbonyl (C=O) groups excluding carboxylic acids is 2. The molecule has 0 aliphatic carbocycles. The number of urea groups is 1. The molecule has 37 heavy (non-hydrogen) atoms. The van der Waals surface area contributed by atoms with Gasteiger partial charge in [0.25, 0.3) is 0 Å². The van der Waals surface area contributed by atoms with Gasteiger partial charge in [0.05, 0.1) is 0 Å². The molecule has 0 aromatic heterocycles. The molecular weight excluding hydrogens is 486 g/mol. The van der Waals surface area contributed by atoms with E-state index in [4.69, 9.17) is 15.9 Å². The van der Waals surface area contributed by atoms with Crippen LogP contribution in [0, 0.1) is 0 Å². The van der Waals surface area contributed by atoms with Crippen molar-refractivity contribution in [3.8, 4) is 0 Å². The average molecular weight is 526 g/mol. The molecule has 0 fully saturated rings. The first-order valence-corrected chi connectivity index (χ1v) is 12.2. The van der Waals surface area contributed by atoms with Crippen molar-refractivity contribution < 1.29 is 39.3 Å². The number of rotatable bonds is 21. The summed E-state index contributed by atoms with van der Waals surface area (Å²) in [4.78, 5) is 60.5. The van der Waals surface area contributed by atoms with Crippen molar-refractivity contribution in [1.29, 1.82) is 0 Å². The number of carboxylic acid groups (broad SMARTS) is 3. The number of unbranched alkanes of at least 4 members (excludes halogenated alkanes) is 5. The molecule has 3 amide bonds. The highest BCUT2D eigenvalue weighted by Crippen LogP contribution is 2.06. The van der Waals surface area contributed by atoms with E-state index < -0.39 is 42.4 Å². The van der Waals surface area contributed by atoms with Crippen LogP contribution in [0.5, 0.6) is 0 Å². The molecule has 8 N–H and O–H groups in total. The average Bonchev–Trinajstić information content (AvgIpc) is 2.81. The second kappa shape index (κ2) is 20.3. The quantitative estimate of drug-likeness (QED) is 0.0497. The van der Waals surface area contributed by atoms with Crippen LogP contribution in [0.1, 0.15) is 70.6 Å². The third-order valence-electron chi connectivity index (χ3n) is 5.18. The molecule has 0 saturated heterocycles. The minimum absolute atomic E-state index is 0.108. The zero-order chi connectivity index (χ0) is 28.1. The van der Waals surface area contributed by atoms with Crippen molar-refractivity contribution >= 4 is 35.7 Å². The number of amides is 3. The molecule has 0 bridgehead atoms. The van der Waals surface area contributed by atoms with Crippen LogP contribution in [0.15, 0.2) is 23.4 Å². The molecule has 0 rings (SSSR count). The lowest BCUT2D eigenvalue weighted by Gasteiger charge is -2.18. The second-order valence-electron chi connectivity index (χ2n) is 8.35. The molecule has 2 atom stereocenters. The number of nitrogens with one attached hydrogen (secondary N) is 3. The van der Waals surface area contributed by atoms with E-state index in [-0.39, 0.29) is 18.7 Å². The maximum Gasteiger partial charge on any atom is 0.326 e. The summed E-state index contributed by atoms with van der Waals surface area (Å²) in [7, 11) is 0. The standard InChI is InChI=1S/C24H39N5O8/c1-2-10-20(26-15-8-5-3-4-6-12-19(25)30)27-16-9-7-11-17(22(33)34)28-24(37)29-18(23(35)36)13-14-21(31)32/h10,17-18H,1,3-9,11-16H2,(H2,25,30)(H,26,27)(H,31,32)(H,33,34)(H,35,36)(H2,28,29,37). The summed E-state index contributed by atoms with van der Waals surface area (Å²) < 4.78 is 0. The predicted molar refractivity (Wildman–Crippen MR) is 136 cm³/mol. The van der Waals surface area contributed by atoms with Crippen LogP contribution in [0.25, 0.3) is 0 Å². The van der Waals surface area contributed by atoms with Crippen LogP contribution in [0.4, 0.5) is 4.79 Å². The summed E-state index contributed by atoms with van der Waals surface area (Å²) in [6.45, 7) is 4.65. The smallest absolute Gasteiger partial charge is 0.326 e. The first kappa shape index (κ1) is 33.1.